The van der Waals surface area contributed by atoms with Crippen molar-refractivity contribution >= 4 is 92.7 Å². The maximum Gasteiger partial charge on any atom is 0.298 e. The Morgan fingerprint density at radius 3 is 1.67 bits per heavy atom. The highest BCUT2D eigenvalue weighted by atomic mass is 32.2. The number of nitrogens with zero attached hydrogens (tertiary/aromatic N) is 2. The Hall–Kier alpha value is -6.32. The van der Waals surface area contributed by atoms with Crippen LogP contribution >= 0.6 is 0 Å². The molecule has 25 heteroatoms. The van der Waals surface area contributed by atoms with E-state index in [1.54, 1.807) is 0 Å². The summed E-state index contributed by atoms with van der Waals surface area (Å²) >= 11 is 0. The largest absolute Gasteiger partial charge is 0.506 e. The van der Waals surface area contributed by atoms with Crippen LogP contribution in [0.2, 0.25) is 0 Å². The van der Waals surface area contributed by atoms with Crippen molar-refractivity contribution in [2.75, 3.05) is 16.6 Å². The van der Waals surface area contributed by atoms with Gasteiger partial charge in [-0.1, -0.05) is 24.3 Å². The van der Waals surface area contributed by atoms with E-state index in [2.05, 4.69) is 21.1 Å². The van der Waals surface area contributed by atoms with E-state index in [0.29, 0.717) is 23.3 Å². The summed E-state index contributed by atoms with van der Waals surface area (Å²) in [4.78, 5) is 22.3. The highest BCUT2D eigenvalue weighted by molar-refractivity contribution is 7.91. The molecule has 0 radical (unpaired) electrons. The molecule has 0 amide bonds. The summed E-state index contributed by atoms with van der Waals surface area (Å²) in [6.07, 6.45) is 2.72. The first-order chi connectivity index (χ1) is 26.4. The number of nitrogen functional groups attached to an aromatic ring is 1. The van der Waals surface area contributed by atoms with Crippen LogP contribution in [-0.2, 0) is 45.3 Å². The number of phenols is 2. The highest BCUT2D eigenvalue weighted by Crippen LogP contribution is 2.37. The number of hydrogen-bond donors (Lipinski definition) is 9. The predicted octanol–water partition coefficient (Wildman–Crippen LogP) is 2.39. The number of carbonyl (C=O) groups is 2. The number of nitrogens with two attached hydrogens (primary N) is 1. The van der Waals surface area contributed by atoms with Crippen molar-refractivity contribution in [1.29, 1.82) is 0 Å². The van der Waals surface area contributed by atoms with Crippen LogP contribution in [0.25, 0.3) is 23.3 Å². The molecule has 0 heterocycles. The number of anilines is 3. The Labute approximate surface area is 321 Å². The molecule has 0 fully saturated rings. The number of phenolic OH excluding ortho intramolecular Hbond substituents is 2. The van der Waals surface area contributed by atoms with Gasteiger partial charge in [0.05, 0.1) is 27.5 Å². The molecule has 0 spiro atoms. The van der Waals surface area contributed by atoms with Gasteiger partial charge in [-0.05, 0) is 71.3 Å². The topological polar surface area (TPSA) is 367 Å². The first-order valence-corrected chi connectivity index (χ1v) is 21.0. The average Bonchev–Trinajstić information content (AvgIpc) is 3.09. The minimum absolute atomic E-state index is 0.0886. The Bertz CT molecular complexity index is 3080. The first-order valence-electron chi connectivity index (χ1n) is 15.2. The smallest absolute Gasteiger partial charge is 0.298 e. The molecule has 2 aliphatic rings. The van der Waals surface area contributed by atoms with Gasteiger partial charge in [-0.25, -0.2) is 0 Å². The summed E-state index contributed by atoms with van der Waals surface area (Å²) in [6.45, 7) is 0. The Morgan fingerprint density at radius 1 is 0.596 bits per heavy atom. The van der Waals surface area contributed by atoms with E-state index in [4.69, 9.17) is 5.73 Å². The molecule has 21 nitrogen and oxygen atoms in total. The molecule has 0 saturated heterocycles. The second-order valence-electron chi connectivity index (χ2n) is 11.9. The molecule has 0 bridgehead atoms. The van der Waals surface area contributed by atoms with Crippen molar-refractivity contribution < 1.29 is 71.7 Å². The number of aromatic hydroxyl groups is 2. The summed E-state index contributed by atoms with van der Waals surface area (Å²) < 4.78 is 133. The molecule has 0 aromatic heterocycles. The van der Waals surface area contributed by atoms with E-state index >= 15 is 0 Å². The molecular weight excluding hydrogens is 839 g/mol. The van der Waals surface area contributed by atoms with Crippen molar-refractivity contribution in [1.82, 2.24) is 0 Å². The molecule has 4 aromatic carbocycles. The van der Waals surface area contributed by atoms with Gasteiger partial charge in [0, 0.05) is 11.1 Å². The number of fused-ring (bicyclic) bond motifs is 2. The zero-order valence-corrected chi connectivity index (χ0v) is 31.1. The third kappa shape index (κ3) is 7.89. The van der Waals surface area contributed by atoms with Gasteiger partial charge >= 0.3 is 0 Å². The molecule has 2 aliphatic carbocycles. The number of hydrazone groups is 2. The lowest BCUT2D eigenvalue weighted by Gasteiger charge is -2.18. The summed E-state index contributed by atoms with van der Waals surface area (Å²) in [6, 6.07) is 11.1. The van der Waals surface area contributed by atoms with Crippen molar-refractivity contribution in [3.8, 4) is 22.6 Å². The standard InChI is InChI=1S/C32H23N5O16S4/c33-29-26(56(48,49)50)13-25(55(45,46)47)19-5-8-22(31(40)28(19)29)36-34-20-6-1-14(10-23(20)38)15-2-7-21(24(39)11-15)35-37-30-18-4-3-17(54(42,43)44)9-16(18)12-27(32(30)41)57(51,52)53/h1-13,34-35,38-39H,33H2,(H,42,43,44)(H,45,46,47)(H,48,49,50)(H,51,52,53). The molecule has 0 aliphatic heterocycles. The molecule has 0 saturated carbocycles. The predicted molar refractivity (Wildman–Crippen MR) is 201 cm³/mol. The van der Waals surface area contributed by atoms with E-state index in [1.807, 2.05) is 0 Å². The van der Waals surface area contributed by atoms with Crippen molar-refractivity contribution in [2.24, 2.45) is 10.2 Å². The van der Waals surface area contributed by atoms with E-state index in [0.717, 1.165) is 30.4 Å². The lowest BCUT2D eigenvalue weighted by Crippen LogP contribution is -2.27. The average molecular weight is 862 g/mol. The molecule has 6 rings (SSSR count). The van der Waals surface area contributed by atoms with Crippen LogP contribution in [0.5, 0.6) is 11.5 Å². The minimum Gasteiger partial charge on any atom is -0.506 e. The fraction of sp³-hybridized carbons (Fsp3) is 0. The van der Waals surface area contributed by atoms with Crippen LogP contribution in [0.4, 0.5) is 17.1 Å². The van der Waals surface area contributed by atoms with Gasteiger partial charge in [0.1, 0.15) is 37.6 Å². The van der Waals surface area contributed by atoms with Crippen LogP contribution < -0.4 is 16.6 Å². The van der Waals surface area contributed by atoms with E-state index < -0.39 is 111 Å². The number of carbonyl (C=O) groups excluding carboxylic acids is 2. The number of hydrogen-bond acceptors (Lipinski definition) is 17. The molecular formula is C32H23N5O16S4. The third-order valence-electron chi connectivity index (χ3n) is 8.25. The zero-order chi connectivity index (χ0) is 42.0. The number of nitrogens with one attached hydrogen (secondary N) is 2. The molecule has 4 aromatic rings. The fourth-order valence-corrected chi connectivity index (χ4v) is 8.15. The van der Waals surface area contributed by atoms with Crippen LogP contribution in [0, 0.1) is 0 Å². The Morgan fingerprint density at radius 2 is 1.16 bits per heavy atom. The normalized spacial score (nSPS) is 16.0. The van der Waals surface area contributed by atoms with Crippen LogP contribution in [0.15, 0.2) is 96.5 Å². The van der Waals surface area contributed by atoms with Crippen LogP contribution in [0.1, 0.15) is 27.0 Å². The van der Waals surface area contributed by atoms with Gasteiger partial charge in [-0.3, -0.25) is 38.7 Å². The van der Waals surface area contributed by atoms with Crippen molar-refractivity contribution in [2.45, 2.75) is 14.7 Å². The number of Topliss-reactive ketones (excluding diaryl/α,β-unsaturated/α-hetero) is 2. The Kier molecular flexibility index (Phi) is 9.91. The van der Waals surface area contributed by atoms with Crippen LogP contribution in [-0.4, -0.2) is 85.1 Å². The molecule has 57 heavy (non-hydrogen) atoms. The Balaban J connectivity index is 1.25. The van der Waals surface area contributed by atoms with E-state index in [9.17, 15) is 71.7 Å². The fourth-order valence-electron chi connectivity index (χ4n) is 5.59. The van der Waals surface area contributed by atoms with Crippen molar-refractivity contribution in [3.63, 3.8) is 0 Å². The monoisotopic (exact) mass is 861 g/mol. The summed E-state index contributed by atoms with van der Waals surface area (Å²) in [7, 11) is -20.2. The second kappa shape index (κ2) is 14.0. The van der Waals surface area contributed by atoms with Gasteiger partial charge in [0.15, 0.2) is 0 Å². The van der Waals surface area contributed by atoms with E-state index in [-0.39, 0.29) is 22.5 Å². The van der Waals surface area contributed by atoms with Crippen molar-refractivity contribution in [3.05, 3.63) is 93.9 Å². The van der Waals surface area contributed by atoms with Gasteiger partial charge in [-0.2, -0.15) is 43.9 Å². The first kappa shape index (κ1) is 40.3. The summed E-state index contributed by atoms with van der Waals surface area (Å²) in [5.74, 6) is -3.32. The minimum atomic E-state index is -5.17. The molecule has 10 N–H and O–H groups in total. The number of ketones is 2. The van der Waals surface area contributed by atoms with Gasteiger partial charge in [0.2, 0.25) is 11.6 Å². The summed E-state index contributed by atoms with van der Waals surface area (Å²) in [5, 5.41) is 29.2. The summed E-state index contributed by atoms with van der Waals surface area (Å²) in [5.41, 5.74) is 7.66. The van der Waals surface area contributed by atoms with Gasteiger partial charge in [0.25, 0.3) is 40.5 Å². The number of rotatable bonds is 9. The lowest BCUT2D eigenvalue weighted by molar-refractivity contribution is -0.109. The van der Waals surface area contributed by atoms with Gasteiger partial charge in [-0.15, -0.1) is 0 Å². The quantitative estimate of drug-likeness (QED) is 0.0505. The highest BCUT2D eigenvalue weighted by Gasteiger charge is 2.35. The third-order valence-corrected chi connectivity index (χ3v) is 11.7. The lowest BCUT2D eigenvalue weighted by atomic mass is 9.93. The van der Waals surface area contributed by atoms with Crippen LogP contribution in [0.3, 0.4) is 0 Å². The SMILES string of the molecule is Nc1c(S(=O)(=O)O)cc(S(=O)(=O)O)c2c1C(=O)C(=NNc1ccc(-c3ccc(NN=C4C(=O)C(S(=O)(=O)O)=Cc5cc(S(=O)(=O)O)ccc54)c(O)c3)cc1O)C=C2. The maximum atomic E-state index is 13.3. The van der Waals surface area contributed by atoms with E-state index in [1.165, 1.54) is 36.4 Å². The second-order valence-corrected chi connectivity index (χ2v) is 17.5. The number of allylic oxidation sites excluding steroid dienone is 2. The molecule has 0 unspecified atom stereocenters. The number of benzene rings is 4. The maximum absolute atomic E-state index is 13.3. The molecule has 0 atom stereocenters. The molecule has 296 valence electrons. The zero-order valence-electron chi connectivity index (χ0n) is 27.9. The van der Waals surface area contributed by atoms with Gasteiger partial charge < -0.3 is 15.9 Å².